The van der Waals surface area contributed by atoms with Crippen LogP contribution in [-0.4, -0.2) is 26.7 Å². The van der Waals surface area contributed by atoms with E-state index < -0.39 is 0 Å². The predicted molar refractivity (Wildman–Crippen MR) is 94.2 cm³/mol. The van der Waals surface area contributed by atoms with Crippen molar-refractivity contribution >= 4 is 16.5 Å². The maximum Gasteiger partial charge on any atom is 0.0445 e. The Labute approximate surface area is 129 Å². The molecule has 2 aromatic rings. The maximum atomic E-state index is 3.21. The van der Waals surface area contributed by atoms with Crippen molar-refractivity contribution in [2.24, 2.45) is 0 Å². The smallest absolute Gasteiger partial charge is 0.0445 e. The van der Waals surface area contributed by atoms with E-state index in [0.29, 0.717) is 0 Å². The van der Waals surface area contributed by atoms with Crippen LogP contribution in [0.2, 0.25) is 0 Å². The molecule has 0 amide bonds. The van der Waals surface area contributed by atoms with Gasteiger partial charge in [-0.25, -0.2) is 0 Å². The number of benzene rings is 2. The van der Waals surface area contributed by atoms with E-state index in [1.807, 2.05) is 7.05 Å². The molecule has 0 unspecified atom stereocenters. The summed E-state index contributed by atoms with van der Waals surface area (Å²) >= 11 is 0. The first-order valence-corrected chi connectivity index (χ1v) is 8.24. The number of fused-ring (bicyclic) bond motifs is 1. The molecule has 0 radical (unpaired) electrons. The molecule has 0 atom stereocenters. The molecule has 2 aromatic carbocycles. The summed E-state index contributed by atoms with van der Waals surface area (Å²) in [5.74, 6) is 0. The molecule has 0 aromatic heterocycles. The van der Waals surface area contributed by atoms with Gasteiger partial charge in [-0.3, -0.25) is 0 Å². The van der Waals surface area contributed by atoms with Crippen LogP contribution < -0.4 is 10.2 Å². The lowest BCUT2D eigenvalue weighted by molar-refractivity contribution is 0.609. The van der Waals surface area contributed by atoms with E-state index in [0.717, 1.165) is 19.6 Å². The van der Waals surface area contributed by atoms with Crippen molar-refractivity contribution in [3.8, 4) is 0 Å². The van der Waals surface area contributed by atoms with E-state index >= 15 is 0 Å². The molecule has 2 rings (SSSR count). The lowest BCUT2D eigenvalue weighted by Gasteiger charge is -2.24. The van der Waals surface area contributed by atoms with Gasteiger partial charge in [0.15, 0.2) is 0 Å². The van der Waals surface area contributed by atoms with Crippen molar-refractivity contribution < 1.29 is 0 Å². The molecular formula is C19H28N2. The van der Waals surface area contributed by atoms with Crippen LogP contribution in [0.25, 0.3) is 10.8 Å². The molecule has 0 aliphatic heterocycles. The van der Waals surface area contributed by atoms with Gasteiger partial charge in [0, 0.05) is 24.2 Å². The minimum absolute atomic E-state index is 1.07. The normalized spacial score (nSPS) is 11.0. The highest BCUT2D eigenvalue weighted by Gasteiger charge is 2.07. The number of unbranched alkanes of at least 4 members (excludes halogenated alkanes) is 3. The molecule has 0 aliphatic rings. The van der Waals surface area contributed by atoms with E-state index in [2.05, 4.69) is 59.6 Å². The highest BCUT2D eigenvalue weighted by Crippen LogP contribution is 2.26. The average molecular weight is 284 g/mol. The molecule has 114 valence electrons. The number of hydrogen-bond acceptors (Lipinski definition) is 2. The SMILES string of the molecule is CCN(CCCCCCNC)c1cccc2ccccc12. The van der Waals surface area contributed by atoms with Gasteiger partial charge in [-0.15, -0.1) is 0 Å². The predicted octanol–water partition coefficient (Wildman–Crippen LogP) is 4.45. The van der Waals surface area contributed by atoms with E-state index in [9.17, 15) is 0 Å². The quantitative estimate of drug-likeness (QED) is 0.685. The topological polar surface area (TPSA) is 15.3 Å². The Morgan fingerprint density at radius 3 is 2.48 bits per heavy atom. The van der Waals surface area contributed by atoms with E-state index in [1.165, 1.54) is 42.1 Å². The third kappa shape index (κ3) is 4.47. The van der Waals surface area contributed by atoms with Gasteiger partial charge in [0.1, 0.15) is 0 Å². The maximum absolute atomic E-state index is 3.21. The van der Waals surface area contributed by atoms with Crippen LogP contribution in [0, 0.1) is 0 Å². The first-order valence-electron chi connectivity index (χ1n) is 8.24. The molecule has 0 saturated heterocycles. The molecule has 21 heavy (non-hydrogen) atoms. The molecule has 2 nitrogen and oxygen atoms in total. The molecule has 1 N–H and O–H groups in total. The fraction of sp³-hybridized carbons (Fsp3) is 0.474. The fourth-order valence-corrected chi connectivity index (χ4v) is 2.89. The van der Waals surface area contributed by atoms with Crippen LogP contribution in [0.15, 0.2) is 42.5 Å². The molecule has 0 bridgehead atoms. The van der Waals surface area contributed by atoms with E-state index in [4.69, 9.17) is 0 Å². The zero-order valence-electron chi connectivity index (χ0n) is 13.4. The van der Waals surface area contributed by atoms with Gasteiger partial charge in [-0.05, 0) is 44.8 Å². The minimum Gasteiger partial charge on any atom is -0.371 e. The second kappa shape index (κ2) is 8.68. The van der Waals surface area contributed by atoms with Crippen molar-refractivity contribution in [3.05, 3.63) is 42.5 Å². The van der Waals surface area contributed by atoms with Gasteiger partial charge >= 0.3 is 0 Å². The van der Waals surface area contributed by atoms with Crippen LogP contribution in [0.5, 0.6) is 0 Å². The number of nitrogens with zero attached hydrogens (tertiary/aromatic N) is 1. The molecule has 0 heterocycles. The van der Waals surface area contributed by atoms with E-state index in [1.54, 1.807) is 0 Å². The summed E-state index contributed by atoms with van der Waals surface area (Å²) < 4.78 is 0. The molecule has 0 saturated carbocycles. The summed E-state index contributed by atoms with van der Waals surface area (Å²) in [6.07, 6.45) is 5.22. The Hall–Kier alpha value is -1.54. The van der Waals surface area contributed by atoms with Gasteiger partial charge < -0.3 is 10.2 Å². The lowest BCUT2D eigenvalue weighted by atomic mass is 10.1. The van der Waals surface area contributed by atoms with Gasteiger partial charge in [0.25, 0.3) is 0 Å². The van der Waals surface area contributed by atoms with Crippen molar-refractivity contribution in [1.29, 1.82) is 0 Å². The Morgan fingerprint density at radius 1 is 0.905 bits per heavy atom. The van der Waals surface area contributed by atoms with Crippen LogP contribution in [0.4, 0.5) is 5.69 Å². The number of hydrogen-bond donors (Lipinski definition) is 1. The van der Waals surface area contributed by atoms with Crippen molar-refractivity contribution in [3.63, 3.8) is 0 Å². The van der Waals surface area contributed by atoms with Crippen LogP contribution >= 0.6 is 0 Å². The summed E-state index contributed by atoms with van der Waals surface area (Å²) in [7, 11) is 2.03. The van der Waals surface area contributed by atoms with Crippen LogP contribution in [0.3, 0.4) is 0 Å². The fourth-order valence-electron chi connectivity index (χ4n) is 2.89. The highest BCUT2D eigenvalue weighted by atomic mass is 15.1. The van der Waals surface area contributed by atoms with Crippen molar-refractivity contribution in [2.75, 3.05) is 31.6 Å². The molecule has 0 spiro atoms. The summed E-state index contributed by atoms with van der Waals surface area (Å²) in [5, 5.41) is 5.92. The summed E-state index contributed by atoms with van der Waals surface area (Å²) in [6.45, 7) is 5.62. The lowest BCUT2D eigenvalue weighted by Crippen LogP contribution is -2.24. The largest absolute Gasteiger partial charge is 0.371 e. The summed E-state index contributed by atoms with van der Waals surface area (Å²) in [4.78, 5) is 2.51. The van der Waals surface area contributed by atoms with Crippen LogP contribution in [-0.2, 0) is 0 Å². The standard InChI is InChI=1S/C19H28N2/c1-3-21(16-9-5-4-8-15-20-2)19-14-10-12-17-11-6-7-13-18(17)19/h6-7,10-14,20H,3-5,8-9,15-16H2,1-2H3. The third-order valence-electron chi connectivity index (χ3n) is 4.09. The average Bonchev–Trinajstić information content (AvgIpc) is 2.54. The van der Waals surface area contributed by atoms with Crippen molar-refractivity contribution in [2.45, 2.75) is 32.6 Å². The Bertz CT molecular complexity index is 531. The van der Waals surface area contributed by atoms with Gasteiger partial charge in [0.05, 0.1) is 0 Å². The van der Waals surface area contributed by atoms with Gasteiger partial charge in [-0.1, -0.05) is 49.2 Å². The Kier molecular flexibility index (Phi) is 6.55. The number of nitrogens with one attached hydrogen (secondary N) is 1. The molecular weight excluding hydrogens is 256 g/mol. The molecule has 2 heteroatoms. The minimum atomic E-state index is 1.07. The zero-order chi connectivity index (χ0) is 14.9. The summed E-state index contributed by atoms with van der Waals surface area (Å²) in [6, 6.07) is 15.3. The van der Waals surface area contributed by atoms with E-state index in [-0.39, 0.29) is 0 Å². The molecule has 0 aliphatic carbocycles. The Balaban J connectivity index is 1.96. The second-order valence-electron chi connectivity index (χ2n) is 5.60. The highest BCUT2D eigenvalue weighted by molar-refractivity contribution is 5.94. The third-order valence-corrected chi connectivity index (χ3v) is 4.09. The van der Waals surface area contributed by atoms with Crippen LogP contribution in [0.1, 0.15) is 32.6 Å². The molecule has 0 fully saturated rings. The monoisotopic (exact) mass is 284 g/mol. The number of rotatable bonds is 9. The van der Waals surface area contributed by atoms with Gasteiger partial charge in [-0.2, -0.15) is 0 Å². The first kappa shape index (κ1) is 15.8. The number of anilines is 1. The second-order valence-corrected chi connectivity index (χ2v) is 5.60. The van der Waals surface area contributed by atoms with Gasteiger partial charge in [0.2, 0.25) is 0 Å². The Morgan fingerprint density at radius 2 is 1.67 bits per heavy atom. The summed E-state index contributed by atoms with van der Waals surface area (Å²) in [5.41, 5.74) is 1.38. The first-order chi connectivity index (χ1) is 10.4. The zero-order valence-corrected chi connectivity index (χ0v) is 13.4. The van der Waals surface area contributed by atoms with Crippen molar-refractivity contribution in [1.82, 2.24) is 5.32 Å².